The van der Waals surface area contributed by atoms with E-state index in [9.17, 15) is 4.79 Å². The van der Waals surface area contributed by atoms with Crippen LogP contribution in [0, 0.1) is 0 Å². The largest absolute Gasteiger partial charge is 0.291 e. The van der Waals surface area contributed by atoms with Gasteiger partial charge in [-0.1, -0.05) is 0 Å². The summed E-state index contributed by atoms with van der Waals surface area (Å²) in [6, 6.07) is 0. The van der Waals surface area contributed by atoms with Crippen molar-refractivity contribution in [2.45, 2.75) is 6.92 Å². The Balaban J connectivity index is 3.00. The minimum Gasteiger partial charge on any atom is -0.291 e. The van der Waals surface area contributed by atoms with Crippen LogP contribution in [0.25, 0.3) is 0 Å². The number of halogens is 1. The first-order chi connectivity index (χ1) is 4.70. The number of hydrogen-bond donors (Lipinski definition) is 0. The topological polar surface area (TPSA) is 42.9 Å². The highest BCUT2D eigenvalue weighted by molar-refractivity contribution is 9.10. The second-order valence-corrected chi connectivity index (χ2v) is 2.70. The average Bonchev–Trinajstić information content (AvgIpc) is 1.88. The molecule has 0 spiro atoms. The molecule has 3 nitrogen and oxygen atoms in total. The maximum absolute atomic E-state index is 10.6. The van der Waals surface area contributed by atoms with E-state index < -0.39 is 0 Å². The van der Waals surface area contributed by atoms with Gasteiger partial charge in [-0.2, -0.15) is 0 Å². The second-order valence-electron chi connectivity index (χ2n) is 1.78. The van der Waals surface area contributed by atoms with Gasteiger partial charge < -0.3 is 0 Å². The van der Waals surface area contributed by atoms with E-state index >= 15 is 0 Å². The minimum absolute atomic E-state index is 0.118. The Bertz CT molecular complexity index is 244. The van der Waals surface area contributed by atoms with Crippen LogP contribution in [0.3, 0.4) is 0 Å². The molecule has 0 N–H and O–H groups in total. The van der Waals surface area contributed by atoms with Crippen molar-refractivity contribution in [2.24, 2.45) is 0 Å². The molecule has 4 heteroatoms. The zero-order valence-electron chi connectivity index (χ0n) is 5.34. The van der Waals surface area contributed by atoms with Gasteiger partial charge in [-0.05, 0) is 15.9 Å². The van der Waals surface area contributed by atoms with Crippen LogP contribution in [0.2, 0.25) is 0 Å². The summed E-state index contributed by atoms with van der Waals surface area (Å²) < 4.78 is 0.775. The van der Waals surface area contributed by atoms with Crippen molar-refractivity contribution in [1.29, 1.82) is 0 Å². The third kappa shape index (κ3) is 1.60. The summed E-state index contributed by atoms with van der Waals surface area (Å²) in [5.74, 6) is 0.135. The fraction of sp³-hybridized carbons (Fsp3) is 0.167. The first-order valence-electron chi connectivity index (χ1n) is 2.68. The lowest BCUT2D eigenvalue weighted by atomic mass is 10.4. The third-order valence-corrected chi connectivity index (χ3v) is 1.34. The standard InChI is InChI=1S/C6H5BrN2O/c1-4(10)6-8-2-5(7)3-9-6/h2-3H,1H3. The Morgan fingerprint density at radius 1 is 1.50 bits per heavy atom. The summed E-state index contributed by atoms with van der Waals surface area (Å²) in [5.41, 5.74) is 0. The van der Waals surface area contributed by atoms with E-state index in [-0.39, 0.29) is 11.6 Å². The van der Waals surface area contributed by atoms with E-state index in [4.69, 9.17) is 0 Å². The zero-order valence-corrected chi connectivity index (χ0v) is 6.92. The molecule has 0 radical (unpaired) electrons. The highest BCUT2D eigenvalue weighted by atomic mass is 79.9. The van der Waals surface area contributed by atoms with Gasteiger partial charge in [0, 0.05) is 19.3 Å². The molecular formula is C6H5BrN2O. The van der Waals surface area contributed by atoms with Gasteiger partial charge in [0.05, 0.1) is 4.47 Å². The van der Waals surface area contributed by atoms with Gasteiger partial charge in [0.2, 0.25) is 0 Å². The van der Waals surface area contributed by atoms with Crippen molar-refractivity contribution in [3.8, 4) is 0 Å². The van der Waals surface area contributed by atoms with E-state index in [0.717, 1.165) is 4.47 Å². The summed E-state index contributed by atoms with van der Waals surface area (Å²) in [6.07, 6.45) is 3.09. The highest BCUT2D eigenvalue weighted by Crippen LogP contribution is 2.04. The van der Waals surface area contributed by atoms with Gasteiger partial charge >= 0.3 is 0 Å². The molecule has 0 aliphatic rings. The lowest BCUT2D eigenvalue weighted by Crippen LogP contribution is -1.98. The summed E-state index contributed by atoms with van der Waals surface area (Å²) in [6.45, 7) is 1.43. The van der Waals surface area contributed by atoms with Gasteiger partial charge in [-0.3, -0.25) is 4.79 Å². The van der Waals surface area contributed by atoms with Crippen molar-refractivity contribution in [1.82, 2.24) is 9.97 Å². The minimum atomic E-state index is -0.118. The molecule has 0 aliphatic carbocycles. The lowest BCUT2D eigenvalue weighted by Gasteiger charge is -1.90. The Morgan fingerprint density at radius 2 is 2.00 bits per heavy atom. The smallest absolute Gasteiger partial charge is 0.196 e. The van der Waals surface area contributed by atoms with Gasteiger partial charge in [0.25, 0.3) is 0 Å². The van der Waals surface area contributed by atoms with Gasteiger partial charge in [0.15, 0.2) is 11.6 Å². The molecule has 1 rings (SSSR count). The zero-order chi connectivity index (χ0) is 7.56. The van der Waals surface area contributed by atoms with Crippen molar-refractivity contribution in [3.05, 3.63) is 22.7 Å². The van der Waals surface area contributed by atoms with Gasteiger partial charge in [-0.15, -0.1) is 0 Å². The van der Waals surface area contributed by atoms with Crippen LogP contribution in [0.5, 0.6) is 0 Å². The molecule has 0 amide bonds. The molecule has 1 heterocycles. The number of hydrogen-bond acceptors (Lipinski definition) is 3. The van der Waals surface area contributed by atoms with Crippen LogP contribution in [-0.2, 0) is 0 Å². The van der Waals surface area contributed by atoms with Crippen LogP contribution >= 0.6 is 15.9 Å². The average molecular weight is 201 g/mol. The fourth-order valence-corrected chi connectivity index (χ4v) is 0.699. The Kier molecular flexibility index (Phi) is 2.11. The van der Waals surface area contributed by atoms with Crippen LogP contribution in [-0.4, -0.2) is 15.8 Å². The summed E-state index contributed by atoms with van der Waals surface area (Å²) in [5, 5.41) is 0. The molecule has 0 aromatic carbocycles. The number of carbonyl (C=O) groups excluding carboxylic acids is 1. The molecule has 0 atom stereocenters. The molecule has 1 aromatic rings. The Labute approximate surface area is 66.6 Å². The van der Waals surface area contributed by atoms with Crippen molar-refractivity contribution in [3.63, 3.8) is 0 Å². The Morgan fingerprint density at radius 3 is 2.40 bits per heavy atom. The Hall–Kier alpha value is -0.770. The number of carbonyl (C=O) groups is 1. The first-order valence-corrected chi connectivity index (χ1v) is 3.48. The summed E-state index contributed by atoms with van der Waals surface area (Å²) >= 11 is 3.16. The molecule has 0 saturated carbocycles. The van der Waals surface area contributed by atoms with Crippen LogP contribution in [0.4, 0.5) is 0 Å². The maximum atomic E-state index is 10.6. The van der Waals surface area contributed by atoms with E-state index in [1.165, 1.54) is 6.92 Å². The molecule has 1 aromatic heterocycles. The molecule has 52 valence electrons. The predicted molar refractivity (Wildman–Crippen MR) is 39.7 cm³/mol. The molecule has 0 unspecified atom stereocenters. The van der Waals surface area contributed by atoms with Crippen molar-refractivity contribution >= 4 is 21.7 Å². The molecule has 0 aliphatic heterocycles. The fourth-order valence-electron chi connectivity index (χ4n) is 0.494. The molecule has 0 saturated heterocycles. The van der Waals surface area contributed by atoms with Crippen molar-refractivity contribution in [2.75, 3.05) is 0 Å². The number of aromatic nitrogens is 2. The van der Waals surface area contributed by atoms with Crippen LogP contribution in [0.1, 0.15) is 17.5 Å². The highest BCUT2D eigenvalue weighted by Gasteiger charge is 1.99. The van der Waals surface area contributed by atoms with E-state index in [0.29, 0.717) is 0 Å². The third-order valence-electron chi connectivity index (χ3n) is 0.935. The predicted octanol–water partition coefficient (Wildman–Crippen LogP) is 1.44. The summed E-state index contributed by atoms with van der Waals surface area (Å²) in [7, 11) is 0. The van der Waals surface area contributed by atoms with Crippen molar-refractivity contribution < 1.29 is 4.79 Å². The SMILES string of the molecule is CC(=O)c1ncc(Br)cn1. The van der Waals surface area contributed by atoms with Gasteiger partial charge in [0.1, 0.15) is 0 Å². The lowest BCUT2D eigenvalue weighted by molar-refractivity contribution is 0.100. The molecular weight excluding hydrogens is 196 g/mol. The number of ketones is 1. The van der Waals surface area contributed by atoms with Crippen LogP contribution < -0.4 is 0 Å². The van der Waals surface area contributed by atoms with Gasteiger partial charge in [-0.25, -0.2) is 9.97 Å². The van der Waals surface area contributed by atoms with E-state index in [1.807, 2.05) is 0 Å². The quantitative estimate of drug-likeness (QED) is 0.645. The van der Waals surface area contributed by atoms with E-state index in [2.05, 4.69) is 25.9 Å². The first kappa shape index (κ1) is 7.34. The molecule has 0 bridgehead atoms. The monoisotopic (exact) mass is 200 g/mol. The maximum Gasteiger partial charge on any atom is 0.196 e. The van der Waals surface area contributed by atoms with E-state index in [1.54, 1.807) is 12.4 Å². The summed E-state index contributed by atoms with van der Waals surface area (Å²) in [4.78, 5) is 18.2. The second kappa shape index (κ2) is 2.88. The number of Topliss-reactive ketones (excluding diaryl/α,β-unsaturated/α-hetero) is 1. The normalized spacial score (nSPS) is 9.40. The number of rotatable bonds is 1. The number of nitrogens with zero attached hydrogens (tertiary/aromatic N) is 2. The molecule has 10 heavy (non-hydrogen) atoms. The molecule has 0 fully saturated rings. The van der Waals surface area contributed by atoms with Crippen LogP contribution in [0.15, 0.2) is 16.9 Å².